The molecule has 0 fully saturated rings. The average Bonchev–Trinajstić information content (AvgIpc) is 3.50. The van der Waals surface area contributed by atoms with E-state index in [1.54, 1.807) is 0 Å². The summed E-state index contributed by atoms with van der Waals surface area (Å²) in [5, 5.41) is 22.7. The Hall–Kier alpha value is 0.120. The third-order valence-corrected chi connectivity index (χ3v) is 19.0. The number of carbonyl (C=O) groups excluding carboxylic acids is 2. The number of rotatable bonds is 72. The fourth-order valence-corrected chi connectivity index (χ4v) is 13.1. The fourth-order valence-electron chi connectivity index (χ4n) is 13.1. The fraction of sp³-hybridized carbons (Fsp3) is 0.974. The molecule has 504 valence electrons. The predicted octanol–water partition coefficient (Wildman–Crippen LogP) is 23.5. The number of unbranched alkanes of at least 4 members (excludes halogenated alkanes) is 56. The van der Waals surface area contributed by atoms with Gasteiger partial charge in [0.2, 0.25) is 0 Å². The second kappa shape index (κ2) is 78.4. The molecule has 0 aromatic carbocycles. The number of hydrogen-bond acceptors (Lipinski definition) is 6. The summed E-state index contributed by atoms with van der Waals surface area (Å²) in [6.07, 6.45) is 85.4. The molecule has 0 amide bonds. The first-order valence-corrected chi connectivity index (χ1v) is 39.2. The van der Waals surface area contributed by atoms with Crippen molar-refractivity contribution in [2.45, 2.75) is 465 Å². The molecule has 6 nitrogen and oxygen atoms in total. The van der Waals surface area contributed by atoms with E-state index in [0.717, 1.165) is 39.0 Å². The summed E-state index contributed by atoms with van der Waals surface area (Å²) in [6, 6.07) is 0.293. The van der Waals surface area contributed by atoms with Crippen molar-refractivity contribution in [2.75, 3.05) is 26.2 Å². The number of carboxylic acids is 2. The van der Waals surface area contributed by atoms with Crippen molar-refractivity contribution in [3.63, 3.8) is 0 Å². The van der Waals surface area contributed by atoms with Crippen LogP contribution in [0.5, 0.6) is 0 Å². The van der Waals surface area contributed by atoms with Crippen molar-refractivity contribution >= 4 is 49.7 Å². The van der Waals surface area contributed by atoms with Crippen molar-refractivity contribution in [2.24, 2.45) is 0 Å². The van der Waals surface area contributed by atoms with E-state index >= 15 is 0 Å². The largest absolute Gasteiger partial charge is 2.00 e. The van der Waals surface area contributed by atoms with E-state index < -0.39 is 11.9 Å². The molecular weight excluding hydrogens is 1070 g/mol. The summed E-state index contributed by atoms with van der Waals surface area (Å²) in [5.41, 5.74) is 0. The monoisotopic (exact) mass is 1230 g/mol. The molecular formula is C78H156CaN2O4. The number of nitrogens with zero attached hydrogens (tertiary/aromatic N) is 2. The Morgan fingerprint density at radius 3 is 0.447 bits per heavy atom. The normalized spacial score (nSPS) is 12.2. The van der Waals surface area contributed by atoms with Gasteiger partial charge < -0.3 is 29.6 Å². The first-order chi connectivity index (χ1) is 41.3. The average molecular weight is 1230 g/mol. The maximum absolute atomic E-state index is 11.4. The zero-order valence-corrected chi connectivity index (χ0v) is 61.7. The molecule has 0 bridgehead atoms. The van der Waals surface area contributed by atoms with E-state index in [0.29, 0.717) is 0 Å². The first kappa shape index (κ1) is 89.3. The van der Waals surface area contributed by atoms with Crippen LogP contribution in [0.4, 0.5) is 0 Å². The van der Waals surface area contributed by atoms with Crippen molar-refractivity contribution in [3.05, 3.63) is 0 Å². The van der Waals surface area contributed by atoms with Gasteiger partial charge in [-0.1, -0.05) is 401 Å². The third kappa shape index (κ3) is 73.1. The molecule has 0 aliphatic heterocycles. The maximum atomic E-state index is 11.4. The Morgan fingerprint density at radius 2 is 0.341 bits per heavy atom. The van der Waals surface area contributed by atoms with Gasteiger partial charge in [-0.2, -0.15) is 0 Å². The quantitative estimate of drug-likeness (QED) is 0.0445. The maximum Gasteiger partial charge on any atom is 2.00 e. The zero-order valence-electron chi connectivity index (χ0n) is 59.5. The Balaban J connectivity index is -0.00000156. The molecule has 0 saturated heterocycles. The van der Waals surface area contributed by atoms with Gasteiger partial charge in [0, 0.05) is 36.9 Å². The topological polar surface area (TPSA) is 86.7 Å². The van der Waals surface area contributed by atoms with E-state index in [4.69, 9.17) is 0 Å². The van der Waals surface area contributed by atoms with E-state index in [1.807, 2.05) is 0 Å². The number of carboxylic acid groups (broad SMARTS) is 2. The van der Waals surface area contributed by atoms with Gasteiger partial charge in [-0.25, -0.2) is 0 Å². The van der Waals surface area contributed by atoms with Crippen LogP contribution in [-0.4, -0.2) is 97.7 Å². The SMILES string of the molecule is CCCCCCCCCCCCCCCCCN(CCCCCCCCCCCCCCCCC)C(CC)CC(=O)[O-].CCCCCCCCCCCCCCCCCN(CCCCCCCCCCCCCCCCC)C(CC)CC(=O)[O-].[Ca+2]. The van der Waals surface area contributed by atoms with Crippen LogP contribution in [0, 0.1) is 0 Å². The summed E-state index contributed by atoms with van der Waals surface area (Å²) in [7, 11) is 0. The van der Waals surface area contributed by atoms with Crippen LogP contribution in [0.2, 0.25) is 0 Å². The van der Waals surface area contributed by atoms with E-state index in [2.05, 4.69) is 51.3 Å². The Labute approximate surface area is 565 Å². The van der Waals surface area contributed by atoms with Crippen LogP contribution in [0.15, 0.2) is 0 Å². The summed E-state index contributed by atoms with van der Waals surface area (Å²) >= 11 is 0. The van der Waals surface area contributed by atoms with Crippen LogP contribution in [0.1, 0.15) is 452 Å². The molecule has 0 radical (unpaired) electrons. The van der Waals surface area contributed by atoms with Gasteiger partial charge in [-0.05, 0) is 64.7 Å². The number of aliphatic carboxylic acids is 2. The van der Waals surface area contributed by atoms with Crippen molar-refractivity contribution in [1.29, 1.82) is 0 Å². The van der Waals surface area contributed by atoms with Crippen LogP contribution >= 0.6 is 0 Å². The van der Waals surface area contributed by atoms with E-state index in [-0.39, 0.29) is 62.7 Å². The molecule has 0 saturated carbocycles. The molecule has 0 aromatic rings. The minimum Gasteiger partial charge on any atom is -0.550 e. The summed E-state index contributed by atoms with van der Waals surface area (Å²) < 4.78 is 0. The molecule has 2 unspecified atom stereocenters. The smallest absolute Gasteiger partial charge is 0.550 e. The van der Waals surface area contributed by atoms with Gasteiger partial charge in [0.05, 0.1) is 0 Å². The molecule has 7 heteroatoms. The molecule has 0 aliphatic carbocycles. The van der Waals surface area contributed by atoms with Gasteiger partial charge in [0.25, 0.3) is 0 Å². The van der Waals surface area contributed by atoms with Crippen LogP contribution < -0.4 is 10.2 Å². The van der Waals surface area contributed by atoms with E-state index in [9.17, 15) is 19.8 Å². The minimum atomic E-state index is -0.889. The van der Waals surface area contributed by atoms with Crippen molar-refractivity contribution in [1.82, 2.24) is 9.80 Å². The third-order valence-electron chi connectivity index (χ3n) is 19.0. The summed E-state index contributed by atoms with van der Waals surface area (Å²) in [6.45, 7) is 17.7. The van der Waals surface area contributed by atoms with Gasteiger partial charge in [-0.15, -0.1) is 0 Å². The van der Waals surface area contributed by atoms with Gasteiger partial charge in [0.1, 0.15) is 0 Å². The summed E-state index contributed by atoms with van der Waals surface area (Å²) in [5.74, 6) is -1.78. The molecule has 0 heterocycles. The second-order valence-corrected chi connectivity index (χ2v) is 27.1. The predicted molar refractivity (Wildman–Crippen MR) is 376 cm³/mol. The Bertz CT molecular complexity index is 1080. The molecule has 85 heavy (non-hydrogen) atoms. The summed E-state index contributed by atoms with van der Waals surface area (Å²) in [4.78, 5) is 27.7. The van der Waals surface area contributed by atoms with Crippen molar-refractivity contribution < 1.29 is 19.8 Å². The Morgan fingerprint density at radius 1 is 0.224 bits per heavy atom. The van der Waals surface area contributed by atoms with E-state index in [1.165, 1.54) is 385 Å². The van der Waals surface area contributed by atoms with Crippen molar-refractivity contribution in [3.8, 4) is 0 Å². The standard InChI is InChI=1S/2C39H79NO2.Ca/c2*1-4-7-9-11-13-15-17-19-21-23-25-27-29-31-33-35-40(38(6-3)37-39(41)42)36-34-32-30-28-26-24-22-20-18-16-14-12-10-8-5-2;/h2*38H,4-37H2,1-3H3,(H,41,42);/q;;+2/p-2. The minimum absolute atomic E-state index is 0. The molecule has 0 rings (SSSR count). The zero-order chi connectivity index (χ0) is 61.5. The second-order valence-electron chi connectivity index (χ2n) is 27.1. The van der Waals surface area contributed by atoms with Crippen LogP contribution in [-0.2, 0) is 9.59 Å². The number of hydrogen-bond donors (Lipinski definition) is 0. The van der Waals surface area contributed by atoms with Crippen LogP contribution in [0.3, 0.4) is 0 Å². The molecule has 0 aliphatic rings. The molecule has 0 N–H and O–H groups in total. The van der Waals surface area contributed by atoms with Crippen LogP contribution in [0.25, 0.3) is 0 Å². The molecule has 0 spiro atoms. The van der Waals surface area contributed by atoms with Gasteiger partial charge in [0.15, 0.2) is 0 Å². The Kier molecular flexibility index (Phi) is 82.3. The number of carbonyl (C=O) groups is 2. The molecule has 0 aromatic heterocycles. The first-order valence-electron chi connectivity index (χ1n) is 39.2. The van der Waals surface area contributed by atoms with Gasteiger partial charge >= 0.3 is 37.7 Å². The van der Waals surface area contributed by atoms with Gasteiger partial charge in [-0.3, -0.25) is 0 Å². The molecule has 2 atom stereocenters.